The highest BCUT2D eigenvalue weighted by molar-refractivity contribution is 6.32. The lowest BCUT2D eigenvalue weighted by molar-refractivity contribution is 0.336. The molecule has 1 fully saturated rings. The molecule has 1 aromatic carbocycles. The van der Waals surface area contributed by atoms with Gasteiger partial charge in [-0.15, -0.1) is 11.6 Å². The zero-order valence-electron chi connectivity index (χ0n) is 10.8. The first-order valence-electron chi connectivity index (χ1n) is 6.68. The van der Waals surface area contributed by atoms with Crippen LogP contribution >= 0.6 is 23.2 Å². The molecule has 0 amide bonds. The van der Waals surface area contributed by atoms with E-state index in [4.69, 9.17) is 27.9 Å². The molecule has 0 aliphatic heterocycles. The summed E-state index contributed by atoms with van der Waals surface area (Å²) >= 11 is 12.8. The summed E-state index contributed by atoms with van der Waals surface area (Å²) in [5.41, 5.74) is 1.03. The quantitative estimate of drug-likeness (QED) is 0.655. The van der Waals surface area contributed by atoms with Crippen LogP contribution in [0.2, 0.25) is 5.02 Å². The molecule has 1 aromatic rings. The van der Waals surface area contributed by atoms with Gasteiger partial charge in [0.05, 0.1) is 12.5 Å². The van der Waals surface area contributed by atoms with Crippen molar-refractivity contribution in [1.29, 1.82) is 0 Å². The predicted molar refractivity (Wildman–Crippen MR) is 77.8 cm³/mol. The second-order valence-corrected chi connectivity index (χ2v) is 6.03. The predicted octanol–water partition coefficient (Wildman–Crippen LogP) is 5.60. The average Bonchev–Trinajstić information content (AvgIpc) is 2.39. The lowest BCUT2D eigenvalue weighted by Crippen LogP contribution is -2.09. The Hall–Kier alpha value is -0.400. The van der Waals surface area contributed by atoms with Gasteiger partial charge in [0.2, 0.25) is 0 Å². The summed E-state index contributed by atoms with van der Waals surface area (Å²) in [5, 5.41) is 0.733. The number of hydrogen-bond acceptors (Lipinski definition) is 1. The Balaban J connectivity index is 2.01. The van der Waals surface area contributed by atoms with Crippen molar-refractivity contribution in [2.75, 3.05) is 7.11 Å². The van der Waals surface area contributed by atoms with Crippen molar-refractivity contribution >= 4 is 23.2 Å². The zero-order chi connectivity index (χ0) is 13.0. The molecule has 0 radical (unpaired) electrons. The summed E-state index contributed by atoms with van der Waals surface area (Å²) in [6.07, 6.45) is 7.75. The number of methoxy groups -OCH3 is 1. The number of halogens is 2. The lowest BCUT2D eigenvalue weighted by atomic mass is 9.85. The lowest BCUT2D eigenvalue weighted by Gasteiger charge is -2.24. The first-order valence-corrected chi connectivity index (χ1v) is 7.49. The molecule has 100 valence electrons. The maximum absolute atomic E-state index is 6.52. The van der Waals surface area contributed by atoms with E-state index in [0.29, 0.717) is 5.02 Å². The Labute approximate surface area is 119 Å². The summed E-state index contributed by atoms with van der Waals surface area (Å²) in [6, 6.07) is 5.76. The van der Waals surface area contributed by atoms with Gasteiger partial charge in [-0.3, -0.25) is 0 Å². The highest BCUT2D eigenvalue weighted by Crippen LogP contribution is 2.38. The SMILES string of the molecule is COc1ccc(C(Cl)CC2CCCCC2)c(Cl)c1. The highest BCUT2D eigenvalue weighted by atomic mass is 35.5. The maximum atomic E-state index is 6.52. The first kappa shape index (κ1) is 14.0. The van der Waals surface area contributed by atoms with Crippen LogP contribution in [-0.4, -0.2) is 7.11 Å². The molecular weight excluding hydrogens is 267 g/mol. The number of alkyl halides is 1. The fourth-order valence-electron chi connectivity index (χ4n) is 2.73. The van der Waals surface area contributed by atoms with Gasteiger partial charge in [-0.1, -0.05) is 49.8 Å². The van der Waals surface area contributed by atoms with Gasteiger partial charge in [0.25, 0.3) is 0 Å². The van der Waals surface area contributed by atoms with E-state index in [0.717, 1.165) is 23.7 Å². The van der Waals surface area contributed by atoms with Crippen molar-refractivity contribution in [2.45, 2.75) is 43.9 Å². The molecule has 0 bridgehead atoms. The fraction of sp³-hybridized carbons (Fsp3) is 0.600. The van der Waals surface area contributed by atoms with E-state index in [9.17, 15) is 0 Å². The molecule has 1 aliphatic rings. The van der Waals surface area contributed by atoms with Crippen molar-refractivity contribution in [3.8, 4) is 5.75 Å². The monoisotopic (exact) mass is 286 g/mol. The summed E-state index contributed by atoms with van der Waals surface area (Å²) in [4.78, 5) is 0. The Morgan fingerprint density at radius 2 is 2.00 bits per heavy atom. The van der Waals surface area contributed by atoms with Crippen LogP contribution in [-0.2, 0) is 0 Å². The van der Waals surface area contributed by atoms with Gasteiger partial charge in [-0.25, -0.2) is 0 Å². The van der Waals surface area contributed by atoms with Crippen LogP contribution in [0, 0.1) is 5.92 Å². The second-order valence-electron chi connectivity index (χ2n) is 5.09. The van der Waals surface area contributed by atoms with Crippen LogP contribution in [0.25, 0.3) is 0 Å². The van der Waals surface area contributed by atoms with Crippen molar-refractivity contribution in [3.05, 3.63) is 28.8 Å². The molecule has 1 unspecified atom stereocenters. The van der Waals surface area contributed by atoms with Gasteiger partial charge >= 0.3 is 0 Å². The minimum Gasteiger partial charge on any atom is -0.497 e. The van der Waals surface area contributed by atoms with Crippen LogP contribution in [0.3, 0.4) is 0 Å². The minimum absolute atomic E-state index is 0.0199. The van der Waals surface area contributed by atoms with E-state index in [1.54, 1.807) is 7.11 Å². The Morgan fingerprint density at radius 3 is 2.61 bits per heavy atom. The summed E-state index contributed by atoms with van der Waals surface area (Å²) < 4.78 is 5.15. The third-order valence-corrected chi connectivity index (χ3v) is 4.55. The molecule has 1 saturated carbocycles. The fourth-order valence-corrected chi connectivity index (χ4v) is 3.53. The van der Waals surface area contributed by atoms with Crippen molar-refractivity contribution < 1.29 is 4.74 Å². The van der Waals surface area contributed by atoms with Crippen LogP contribution in [0.5, 0.6) is 5.75 Å². The maximum Gasteiger partial charge on any atom is 0.120 e. The molecule has 18 heavy (non-hydrogen) atoms. The Morgan fingerprint density at radius 1 is 1.28 bits per heavy atom. The molecule has 1 nitrogen and oxygen atoms in total. The molecule has 0 heterocycles. The zero-order valence-corrected chi connectivity index (χ0v) is 12.3. The largest absolute Gasteiger partial charge is 0.497 e. The van der Waals surface area contributed by atoms with Crippen molar-refractivity contribution in [1.82, 2.24) is 0 Å². The van der Waals surface area contributed by atoms with Crippen LogP contribution < -0.4 is 4.74 Å². The Bertz CT molecular complexity index is 386. The Kier molecular flexibility index (Phi) is 5.20. The topological polar surface area (TPSA) is 9.23 Å². The van der Waals surface area contributed by atoms with Crippen LogP contribution in [0.1, 0.15) is 49.5 Å². The van der Waals surface area contributed by atoms with Crippen molar-refractivity contribution in [3.63, 3.8) is 0 Å². The van der Waals surface area contributed by atoms with E-state index in [1.807, 2.05) is 18.2 Å². The molecule has 1 atom stereocenters. The van der Waals surface area contributed by atoms with E-state index >= 15 is 0 Å². The normalized spacial score (nSPS) is 18.6. The molecule has 0 aromatic heterocycles. The highest BCUT2D eigenvalue weighted by Gasteiger charge is 2.20. The van der Waals surface area contributed by atoms with E-state index < -0.39 is 0 Å². The van der Waals surface area contributed by atoms with Gasteiger partial charge in [-0.05, 0) is 30.0 Å². The molecular formula is C15H20Cl2O. The average molecular weight is 287 g/mol. The van der Waals surface area contributed by atoms with Gasteiger partial charge in [0.15, 0.2) is 0 Å². The summed E-state index contributed by atoms with van der Waals surface area (Å²) in [7, 11) is 1.64. The van der Waals surface area contributed by atoms with Crippen LogP contribution in [0.4, 0.5) is 0 Å². The van der Waals surface area contributed by atoms with Gasteiger partial charge in [-0.2, -0.15) is 0 Å². The standard InChI is InChI=1S/C15H20Cl2O/c1-18-12-7-8-13(15(17)10-12)14(16)9-11-5-3-2-4-6-11/h7-8,10-11,14H,2-6,9H2,1H3. The number of rotatable bonds is 4. The number of ether oxygens (including phenoxy) is 1. The van der Waals surface area contributed by atoms with E-state index in [-0.39, 0.29) is 5.38 Å². The minimum atomic E-state index is 0.0199. The summed E-state index contributed by atoms with van der Waals surface area (Å²) in [5.74, 6) is 1.55. The van der Waals surface area contributed by atoms with E-state index in [1.165, 1.54) is 32.1 Å². The van der Waals surface area contributed by atoms with Crippen molar-refractivity contribution in [2.24, 2.45) is 5.92 Å². The van der Waals surface area contributed by atoms with Gasteiger partial charge in [0, 0.05) is 5.02 Å². The molecule has 0 saturated heterocycles. The van der Waals surface area contributed by atoms with Gasteiger partial charge in [0.1, 0.15) is 5.75 Å². The second kappa shape index (κ2) is 6.68. The molecule has 0 spiro atoms. The first-order chi connectivity index (χ1) is 8.70. The third kappa shape index (κ3) is 3.55. The molecule has 3 heteroatoms. The van der Waals surface area contributed by atoms with Crippen LogP contribution in [0.15, 0.2) is 18.2 Å². The van der Waals surface area contributed by atoms with Gasteiger partial charge < -0.3 is 4.74 Å². The number of benzene rings is 1. The molecule has 1 aliphatic carbocycles. The third-order valence-electron chi connectivity index (χ3n) is 3.81. The van der Waals surface area contributed by atoms with E-state index in [2.05, 4.69) is 0 Å². The number of hydrogen-bond donors (Lipinski definition) is 0. The summed E-state index contributed by atoms with van der Waals surface area (Å²) in [6.45, 7) is 0. The smallest absolute Gasteiger partial charge is 0.120 e. The molecule has 2 rings (SSSR count). The molecule has 0 N–H and O–H groups in total.